The van der Waals surface area contributed by atoms with Gasteiger partial charge in [0, 0.05) is 12.8 Å². The standard InChI is InChI=1S/C70H125N2O7P/c1-7-10-13-16-19-22-25-27-29-31-32-33-34-35-36-37-38-39-40-41-43-45-48-51-54-57-60-63-70(74)79-68(61-58-55-52-49-46-24-21-18-15-12-9-3)67(66-78-80(75,76)77-65-64-72(4,5)6)71-69(73)62-59-56-53-50-47-44-42-30-28-26-23-20-17-14-11-8-2/h10,13,19,22,27,29-30,32-33,35-36,42,44,47,58,61,67-68H,7-9,11-12,14-18,20-21,23-26,28,31,34,37-41,43,45-46,48-57,59-60,62-66H2,1-6H3,(H-,71,73,75,76)/p+1/b13-10-,22-19-,29-27-,33-32-,36-35-,42-30+,47-44+,61-58-. The molecule has 0 aromatic heterocycles. The van der Waals surface area contributed by atoms with E-state index in [1.54, 1.807) is 0 Å². The third kappa shape index (κ3) is 59.5. The van der Waals surface area contributed by atoms with Gasteiger partial charge in [-0.15, -0.1) is 0 Å². The summed E-state index contributed by atoms with van der Waals surface area (Å²) in [5.74, 6) is -0.540. The summed E-state index contributed by atoms with van der Waals surface area (Å²) in [6.45, 7) is 6.87. The van der Waals surface area contributed by atoms with Crippen LogP contribution in [-0.4, -0.2) is 74.3 Å². The largest absolute Gasteiger partial charge is 0.472 e. The third-order valence-electron chi connectivity index (χ3n) is 14.3. The van der Waals surface area contributed by atoms with Gasteiger partial charge in [0.25, 0.3) is 0 Å². The summed E-state index contributed by atoms with van der Waals surface area (Å²) in [5, 5.41) is 3.04. The molecule has 0 heterocycles. The minimum atomic E-state index is -4.46. The molecular weight excluding hydrogens is 1010 g/mol. The number of unbranched alkanes of at least 4 members (excludes halogenated alkanes) is 30. The molecule has 3 atom stereocenters. The number of carbonyl (C=O) groups is 2. The van der Waals surface area contributed by atoms with Crippen molar-refractivity contribution in [3.8, 4) is 0 Å². The molecule has 9 nitrogen and oxygen atoms in total. The first kappa shape index (κ1) is 76.9. The molecule has 2 N–H and O–H groups in total. The summed E-state index contributed by atoms with van der Waals surface area (Å²) in [7, 11) is 1.47. The van der Waals surface area contributed by atoms with Gasteiger partial charge in [0.2, 0.25) is 5.91 Å². The monoisotopic (exact) mass is 1140 g/mol. The van der Waals surface area contributed by atoms with Crippen molar-refractivity contribution in [1.29, 1.82) is 0 Å². The van der Waals surface area contributed by atoms with Crippen molar-refractivity contribution in [2.45, 2.75) is 296 Å². The van der Waals surface area contributed by atoms with Crippen molar-refractivity contribution in [3.05, 3.63) is 97.2 Å². The van der Waals surface area contributed by atoms with Crippen LogP contribution < -0.4 is 5.32 Å². The minimum absolute atomic E-state index is 0.0313. The lowest BCUT2D eigenvalue weighted by Crippen LogP contribution is -2.47. The Morgan fingerprint density at radius 1 is 0.463 bits per heavy atom. The number of quaternary nitrogens is 1. The molecule has 10 heteroatoms. The van der Waals surface area contributed by atoms with Gasteiger partial charge in [-0.1, -0.05) is 266 Å². The van der Waals surface area contributed by atoms with Gasteiger partial charge >= 0.3 is 13.8 Å². The first-order chi connectivity index (χ1) is 38.9. The molecule has 0 aliphatic rings. The van der Waals surface area contributed by atoms with E-state index in [1.165, 1.54) is 148 Å². The van der Waals surface area contributed by atoms with Gasteiger partial charge in [-0.2, -0.15) is 0 Å². The number of hydrogen-bond acceptors (Lipinski definition) is 6. The molecule has 0 aliphatic heterocycles. The Balaban J connectivity index is 5.09. The number of likely N-dealkylation sites (N-methyl/N-ethyl adjacent to an activating group) is 1. The fraction of sp³-hybridized carbons (Fsp3) is 0.743. The number of esters is 1. The number of hydrogen-bond donors (Lipinski definition) is 2. The van der Waals surface area contributed by atoms with Gasteiger partial charge in [0.05, 0.1) is 33.8 Å². The van der Waals surface area contributed by atoms with Crippen LogP contribution in [0.1, 0.15) is 284 Å². The first-order valence-corrected chi connectivity index (χ1v) is 34.6. The fourth-order valence-corrected chi connectivity index (χ4v) is 9.93. The second-order valence-electron chi connectivity index (χ2n) is 23.3. The Kier molecular flexibility index (Phi) is 56.8. The highest BCUT2D eigenvalue weighted by Crippen LogP contribution is 2.43. The van der Waals surface area contributed by atoms with E-state index >= 15 is 0 Å². The molecule has 0 aliphatic carbocycles. The van der Waals surface area contributed by atoms with Crippen LogP contribution in [0.4, 0.5) is 0 Å². The van der Waals surface area contributed by atoms with E-state index in [2.05, 4.69) is 111 Å². The Labute approximate surface area is 494 Å². The molecular formula is C70H126N2O7P+. The van der Waals surface area contributed by atoms with E-state index in [9.17, 15) is 19.0 Å². The number of amides is 1. The molecule has 3 unspecified atom stereocenters. The average molecular weight is 1140 g/mol. The summed E-state index contributed by atoms with van der Waals surface area (Å²) in [4.78, 5) is 37.7. The van der Waals surface area contributed by atoms with Crippen LogP contribution in [-0.2, 0) is 27.9 Å². The summed E-state index contributed by atoms with van der Waals surface area (Å²) in [6, 6.07) is -0.868. The number of nitrogens with zero attached hydrogens (tertiary/aromatic N) is 1. The van der Waals surface area contributed by atoms with Crippen molar-refractivity contribution in [3.63, 3.8) is 0 Å². The molecule has 0 bridgehead atoms. The summed E-state index contributed by atoms with van der Waals surface area (Å²) >= 11 is 0. The topological polar surface area (TPSA) is 111 Å². The van der Waals surface area contributed by atoms with Crippen LogP contribution in [0.15, 0.2) is 97.2 Å². The average Bonchev–Trinajstić information content (AvgIpc) is 3.43. The van der Waals surface area contributed by atoms with Gasteiger partial charge < -0.3 is 19.4 Å². The number of ether oxygens (including phenoxy) is 1. The number of allylic oxidation sites excluding steroid dienone is 15. The van der Waals surface area contributed by atoms with Crippen LogP contribution in [0.2, 0.25) is 0 Å². The highest BCUT2D eigenvalue weighted by molar-refractivity contribution is 7.47. The molecule has 0 spiro atoms. The predicted molar refractivity (Wildman–Crippen MR) is 346 cm³/mol. The minimum Gasteiger partial charge on any atom is -0.456 e. The van der Waals surface area contributed by atoms with Crippen molar-refractivity contribution in [2.24, 2.45) is 0 Å². The maximum atomic E-state index is 13.5. The molecule has 0 rings (SSSR count). The van der Waals surface area contributed by atoms with Crippen LogP contribution in [0.3, 0.4) is 0 Å². The molecule has 0 aromatic rings. The van der Waals surface area contributed by atoms with Crippen molar-refractivity contribution in [2.75, 3.05) is 40.9 Å². The maximum absolute atomic E-state index is 13.5. The zero-order valence-corrected chi connectivity index (χ0v) is 53.7. The first-order valence-electron chi connectivity index (χ1n) is 33.1. The van der Waals surface area contributed by atoms with E-state index < -0.39 is 20.0 Å². The predicted octanol–water partition coefficient (Wildman–Crippen LogP) is 20.7. The van der Waals surface area contributed by atoms with Crippen LogP contribution in [0.5, 0.6) is 0 Å². The van der Waals surface area contributed by atoms with Crippen LogP contribution >= 0.6 is 7.82 Å². The molecule has 0 fully saturated rings. The van der Waals surface area contributed by atoms with E-state index in [1.807, 2.05) is 33.3 Å². The number of phosphoric acid groups is 1. The summed E-state index contributed by atoms with van der Waals surface area (Å²) < 4.78 is 30.7. The zero-order chi connectivity index (χ0) is 58.6. The zero-order valence-electron chi connectivity index (χ0n) is 52.8. The highest BCUT2D eigenvalue weighted by Gasteiger charge is 2.30. The molecule has 0 radical (unpaired) electrons. The third-order valence-corrected chi connectivity index (χ3v) is 15.3. The number of nitrogens with one attached hydrogen (secondary N) is 1. The lowest BCUT2D eigenvalue weighted by Gasteiger charge is -2.27. The molecule has 0 aromatic carbocycles. The van der Waals surface area contributed by atoms with E-state index in [-0.39, 0.29) is 31.5 Å². The SMILES string of the molecule is CC/C=C\C/C=C\C/C=C\C/C=C\C/C=C\CCCCCCCCCCCCCC(=O)OC(/C=C\CCCCCCCCCCC)C(COP(=O)(O)OCC[N+](C)(C)C)NC(=O)CCCCC/C=C/C=C/CCCCCCCCC. The van der Waals surface area contributed by atoms with Crippen LogP contribution in [0.25, 0.3) is 0 Å². The van der Waals surface area contributed by atoms with Gasteiger partial charge in [-0.3, -0.25) is 18.6 Å². The summed E-state index contributed by atoms with van der Waals surface area (Å²) in [6.07, 6.45) is 79.9. The van der Waals surface area contributed by atoms with Gasteiger partial charge in [-0.05, 0) is 102 Å². The number of carbonyl (C=O) groups excluding carboxylic acids is 2. The van der Waals surface area contributed by atoms with Crippen molar-refractivity contribution in [1.82, 2.24) is 5.32 Å². The normalized spacial score (nSPS) is 14.2. The molecule has 0 saturated carbocycles. The van der Waals surface area contributed by atoms with E-state index in [0.717, 1.165) is 96.3 Å². The van der Waals surface area contributed by atoms with E-state index in [0.29, 0.717) is 23.9 Å². The Morgan fingerprint density at radius 3 is 1.29 bits per heavy atom. The van der Waals surface area contributed by atoms with Crippen molar-refractivity contribution < 1.29 is 37.3 Å². The quantitative estimate of drug-likeness (QED) is 0.0156. The van der Waals surface area contributed by atoms with Gasteiger partial charge in [-0.25, -0.2) is 4.57 Å². The second-order valence-corrected chi connectivity index (χ2v) is 24.7. The van der Waals surface area contributed by atoms with Crippen LogP contribution in [0, 0.1) is 0 Å². The molecule has 0 saturated heterocycles. The number of rotatable bonds is 59. The Bertz CT molecular complexity index is 1690. The highest BCUT2D eigenvalue weighted by atomic mass is 31.2. The Hall–Kier alpha value is -3.07. The maximum Gasteiger partial charge on any atom is 0.472 e. The van der Waals surface area contributed by atoms with E-state index in [4.69, 9.17) is 13.8 Å². The lowest BCUT2D eigenvalue weighted by atomic mass is 10.0. The summed E-state index contributed by atoms with van der Waals surface area (Å²) in [5.41, 5.74) is 0. The second kappa shape index (κ2) is 59.1. The molecule has 80 heavy (non-hydrogen) atoms. The number of phosphoric ester groups is 1. The van der Waals surface area contributed by atoms with Gasteiger partial charge in [0.1, 0.15) is 19.3 Å². The smallest absolute Gasteiger partial charge is 0.456 e. The Morgan fingerprint density at radius 2 is 0.838 bits per heavy atom. The lowest BCUT2D eigenvalue weighted by molar-refractivity contribution is -0.870. The van der Waals surface area contributed by atoms with Crippen molar-refractivity contribution >= 4 is 19.7 Å². The van der Waals surface area contributed by atoms with Gasteiger partial charge in [0.15, 0.2) is 0 Å². The molecule has 462 valence electrons. The molecule has 1 amide bonds. The fourth-order valence-electron chi connectivity index (χ4n) is 9.19.